The quantitative estimate of drug-likeness (QED) is 0.497. The van der Waals surface area contributed by atoms with Gasteiger partial charge in [0.15, 0.2) is 5.78 Å². The molecule has 0 aromatic heterocycles. The number of aryl methyl sites for hydroxylation is 2. The average Bonchev–Trinajstić information content (AvgIpc) is 2.75. The second kappa shape index (κ2) is 7.44. The lowest BCUT2D eigenvalue weighted by atomic mass is 9.97. The molecule has 0 bridgehead atoms. The van der Waals surface area contributed by atoms with Crippen molar-refractivity contribution in [2.75, 3.05) is 0 Å². The Morgan fingerprint density at radius 1 is 0.667 bits per heavy atom. The molecule has 0 N–H and O–H groups in total. The molecule has 1 aliphatic rings. The molecular formula is C23H24O. The van der Waals surface area contributed by atoms with Crippen LogP contribution in [0.3, 0.4) is 0 Å². The molecule has 0 amide bonds. The maximum absolute atomic E-state index is 13.0. The summed E-state index contributed by atoms with van der Waals surface area (Å²) in [4.78, 5) is 13.0. The lowest BCUT2D eigenvalue weighted by Crippen LogP contribution is -2.04. The van der Waals surface area contributed by atoms with Crippen molar-refractivity contribution >= 4 is 17.9 Å². The van der Waals surface area contributed by atoms with Gasteiger partial charge in [-0.25, -0.2) is 0 Å². The zero-order valence-corrected chi connectivity index (χ0v) is 14.5. The summed E-state index contributed by atoms with van der Waals surface area (Å²) in [6.45, 7) is 4.16. The van der Waals surface area contributed by atoms with Crippen molar-refractivity contribution in [1.29, 1.82) is 0 Å². The number of carbonyl (C=O) groups is 1. The summed E-state index contributed by atoms with van der Waals surface area (Å²) in [5.74, 6) is 0.216. The standard InChI is InChI=1S/C23H24O/c1-17-7-11-19(12-8-17)15-21-5-3-4-6-22(23(21)24)16-20-13-9-18(2)10-14-20/h7-16H,3-6H2,1-2H3/b21-15-,22-16-. The van der Waals surface area contributed by atoms with Gasteiger partial charge in [-0.05, 0) is 62.8 Å². The minimum Gasteiger partial charge on any atom is -0.289 e. The molecule has 0 spiro atoms. The van der Waals surface area contributed by atoms with E-state index in [1.54, 1.807) is 0 Å². The maximum Gasteiger partial charge on any atom is 0.185 e. The first-order chi connectivity index (χ1) is 11.6. The molecule has 1 aliphatic carbocycles. The number of benzene rings is 2. The molecule has 2 aromatic rings. The number of rotatable bonds is 2. The predicted octanol–water partition coefficient (Wildman–Crippen LogP) is 5.91. The van der Waals surface area contributed by atoms with Gasteiger partial charge in [0, 0.05) is 11.1 Å². The van der Waals surface area contributed by atoms with Crippen LogP contribution in [-0.2, 0) is 4.79 Å². The third kappa shape index (κ3) is 4.11. The van der Waals surface area contributed by atoms with E-state index in [-0.39, 0.29) is 5.78 Å². The number of hydrogen-bond acceptors (Lipinski definition) is 1. The molecule has 24 heavy (non-hydrogen) atoms. The Labute approximate surface area is 144 Å². The van der Waals surface area contributed by atoms with Gasteiger partial charge in [0.05, 0.1) is 0 Å². The molecule has 0 aliphatic heterocycles. The highest BCUT2D eigenvalue weighted by Crippen LogP contribution is 2.27. The highest BCUT2D eigenvalue weighted by Gasteiger charge is 2.18. The van der Waals surface area contributed by atoms with E-state index in [2.05, 4.69) is 74.5 Å². The molecule has 1 nitrogen and oxygen atoms in total. The predicted molar refractivity (Wildman–Crippen MR) is 102 cm³/mol. The first-order valence-electron chi connectivity index (χ1n) is 8.71. The van der Waals surface area contributed by atoms with Gasteiger partial charge in [0.1, 0.15) is 0 Å². The molecule has 122 valence electrons. The first-order valence-corrected chi connectivity index (χ1v) is 8.71. The molecule has 0 radical (unpaired) electrons. The summed E-state index contributed by atoms with van der Waals surface area (Å²) < 4.78 is 0. The number of allylic oxidation sites excluding steroid dienone is 2. The van der Waals surface area contributed by atoms with Crippen molar-refractivity contribution in [3.05, 3.63) is 81.9 Å². The van der Waals surface area contributed by atoms with Gasteiger partial charge in [0.2, 0.25) is 0 Å². The fourth-order valence-corrected chi connectivity index (χ4v) is 3.07. The molecule has 2 aromatic carbocycles. The van der Waals surface area contributed by atoms with Crippen molar-refractivity contribution in [1.82, 2.24) is 0 Å². The van der Waals surface area contributed by atoms with Crippen molar-refractivity contribution in [3.63, 3.8) is 0 Å². The molecular weight excluding hydrogens is 292 g/mol. The van der Waals surface area contributed by atoms with E-state index in [9.17, 15) is 4.79 Å². The normalized spacial score (nSPS) is 18.8. The van der Waals surface area contributed by atoms with Crippen LogP contribution in [0, 0.1) is 13.8 Å². The monoisotopic (exact) mass is 316 g/mol. The minimum absolute atomic E-state index is 0.216. The maximum atomic E-state index is 13.0. The van der Waals surface area contributed by atoms with Crippen molar-refractivity contribution in [2.24, 2.45) is 0 Å². The van der Waals surface area contributed by atoms with Crippen molar-refractivity contribution in [3.8, 4) is 0 Å². The summed E-state index contributed by atoms with van der Waals surface area (Å²) in [6.07, 6.45) is 8.03. The van der Waals surface area contributed by atoms with E-state index in [1.807, 2.05) is 0 Å². The molecule has 0 unspecified atom stereocenters. The van der Waals surface area contributed by atoms with Gasteiger partial charge in [0.25, 0.3) is 0 Å². The van der Waals surface area contributed by atoms with Crippen LogP contribution in [-0.4, -0.2) is 5.78 Å². The third-order valence-electron chi connectivity index (χ3n) is 4.56. The Hall–Kier alpha value is -2.41. The molecule has 3 rings (SSSR count). The van der Waals surface area contributed by atoms with Crippen LogP contribution in [0.2, 0.25) is 0 Å². The van der Waals surface area contributed by atoms with Crippen LogP contribution in [0.25, 0.3) is 12.2 Å². The summed E-state index contributed by atoms with van der Waals surface area (Å²) in [7, 11) is 0. The van der Waals surface area contributed by atoms with Gasteiger partial charge in [-0.3, -0.25) is 4.79 Å². The molecule has 1 heteroatoms. The van der Waals surface area contributed by atoms with E-state index < -0.39 is 0 Å². The minimum atomic E-state index is 0.216. The number of Topliss-reactive ketones (excluding diaryl/α,β-unsaturated/α-hetero) is 1. The molecule has 0 heterocycles. The molecule has 1 saturated carbocycles. The van der Waals surface area contributed by atoms with E-state index in [0.29, 0.717) is 0 Å². The van der Waals surface area contributed by atoms with Crippen LogP contribution in [0.4, 0.5) is 0 Å². The van der Waals surface area contributed by atoms with Gasteiger partial charge >= 0.3 is 0 Å². The largest absolute Gasteiger partial charge is 0.289 e. The highest BCUT2D eigenvalue weighted by atomic mass is 16.1. The zero-order valence-electron chi connectivity index (χ0n) is 14.5. The van der Waals surface area contributed by atoms with Crippen molar-refractivity contribution in [2.45, 2.75) is 39.5 Å². The Kier molecular flexibility index (Phi) is 5.10. The molecule has 1 fully saturated rings. The Morgan fingerprint density at radius 3 is 1.42 bits per heavy atom. The van der Waals surface area contributed by atoms with Gasteiger partial charge in [-0.15, -0.1) is 0 Å². The van der Waals surface area contributed by atoms with Crippen LogP contribution in [0.15, 0.2) is 59.7 Å². The second-order valence-corrected chi connectivity index (χ2v) is 6.70. The van der Waals surface area contributed by atoms with Crippen molar-refractivity contribution < 1.29 is 4.79 Å². The third-order valence-corrected chi connectivity index (χ3v) is 4.56. The first kappa shape index (κ1) is 16.4. The second-order valence-electron chi connectivity index (χ2n) is 6.70. The Bertz CT molecular complexity index is 706. The SMILES string of the molecule is Cc1ccc(/C=C2/CCCC/C(=C/c3ccc(C)cc3)C2=O)cc1. The van der Waals surface area contributed by atoms with E-state index in [1.165, 1.54) is 11.1 Å². The van der Waals surface area contributed by atoms with Gasteiger partial charge in [-0.2, -0.15) is 0 Å². The van der Waals surface area contributed by atoms with E-state index >= 15 is 0 Å². The number of ketones is 1. The fourth-order valence-electron chi connectivity index (χ4n) is 3.07. The Balaban J connectivity index is 1.90. The Morgan fingerprint density at radius 2 is 1.04 bits per heavy atom. The average molecular weight is 316 g/mol. The summed E-state index contributed by atoms with van der Waals surface area (Å²) >= 11 is 0. The summed E-state index contributed by atoms with van der Waals surface area (Å²) in [6, 6.07) is 16.7. The van der Waals surface area contributed by atoms with Crippen LogP contribution in [0.5, 0.6) is 0 Å². The summed E-state index contributed by atoms with van der Waals surface area (Å²) in [5, 5.41) is 0. The lowest BCUT2D eigenvalue weighted by Gasteiger charge is -2.06. The van der Waals surface area contributed by atoms with Gasteiger partial charge in [-0.1, -0.05) is 59.7 Å². The number of hydrogen-bond donors (Lipinski definition) is 0. The smallest absolute Gasteiger partial charge is 0.185 e. The molecule has 0 atom stereocenters. The lowest BCUT2D eigenvalue weighted by molar-refractivity contribution is -0.112. The topological polar surface area (TPSA) is 17.1 Å². The fraction of sp³-hybridized carbons (Fsp3) is 0.261. The van der Waals surface area contributed by atoms with Crippen LogP contribution in [0.1, 0.15) is 47.9 Å². The van der Waals surface area contributed by atoms with E-state index in [0.717, 1.165) is 48.0 Å². The van der Waals surface area contributed by atoms with E-state index in [4.69, 9.17) is 0 Å². The van der Waals surface area contributed by atoms with Gasteiger partial charge < -0.3 is 0 Å². The summed E-state index contributed by atoms with van der Waals surface area (Å²) in [5.41, 5.74) is 6.58. The molecule has 0 saturated heterocycles. The van der Waals surface area contributed by atoms with Crippen LogP contribution >= 0.6 is 0 Å². The van der Waals surface area contributed by atoms with Crippen LogP contribution < -0.4 is 0 Å². The number of carbonyl (C=O) groups excluding carboxylic acids is 1. The highest BCUT2D eigenvalue weighted by molar-refractivity contribution is 6.13. The zero-order chi connectivity index (χ0) is 16.9.